The van der Waals surface area contributed by atoms with Gasteiger partial charge in [-0.2, -0.15) is 0 Å². The van der Waals surface area contributed by atoms with E-state index >= 15 is 0 Å². The third kappa shape index (κ3) is 6.29. The molecule has 2 nitrogen and oxygen atoms in total. The zero-order valence-electron chi connectivity index (χ0n) is 13.8. The van der Waals surface area contributed by atoms with Crippen LogP contribution in [-0.2, 0) is 0 Å². The number of halogens is 1. The van der Waals surface area contributed by atoms with Crippen LogP contribution in [-0.4, -0.2) is 13.2 Å². The standard InChI is InChI=1S/C18H29BrO2/c1-5-10-20-17-9-8-15(13-18(17)21-11-6-2)16(19)12-14(4)7-3/h8-9,13-14,16H,5-7,10-12H2,1-4H3. The van der Waals surface area contributed by atoms with Gasteiger partial charge in [0.2, 0.25) is 0 Å². The van der Waals surface area contributed by atoms with Crippen LogP contribution in [0.4, 0.5) is 0 Å². The molecule has 0 saturated heterocycles. The van der Waals surface area contributed by atoms with E-state index in [4.69, 9.17) is 9.47 Å². The largest absolute Gasteiger partial charge is 0.490 e. The summed E-state index contributed by atoms with van der Waals surface area (Å²) in [6.07, 6.45) is 4.35. The molecular weight excluding hydrogens is 328 g/mol. The van der Waals surface area contributed by atoms with Crippen molar-refractivity contribution in [3.63, 3.8) is 0 Å². The van der Waals surface area contributed by atoms with Crippen LogP contribution in [0.1, 0.15) is 63.8 Å². The Kier molecular flexibility index (Phi) is 8.82. The number of rotatable bonds is 10. The summed E-state index contributed by atoms with van der Waals surface area (Å²) in [5, 5.41) is 0. The molecule has 0 N–H and O–H groups in total. The van der Waals surface area contributed by atoms with Crippen LogP contribution >= 0.6 is 15.9 Å². The third-order valence-corrected chi connectivity index (χ3v) is 4.46. The second-order valence-corrected chi connectivity index (χ2v) is 6.73. The Morgan fingerprint density at radius 2 is 1.62 bits per heavy atom. The maximum absolute atomic E-state index is 5.86. The third-order valence-electron chi connectivity index (χ3n) is 3.56. The molecule has 0 bridgehead atoms. The maximum Gasteiger partial charge on any atom is 0.161 e. The van der Waals surface area contributed by atoms with Crippen LogP contribution in [0.5, 0.6) is 11.5 Å². The molecule has 0 aliphatic rings. The maximum atomic E-state index is 5.86. The number of benzene rings is 1. The van der Waals surface area contributed by atoms with Gasteiger partial charge < -0.3 is 9.47 Å². The Morgan fingerprint density at radius 3 is 2.19 bits per heavy atom. The van der Waals surface area contributed by atoms with Crippen LogP contribution in [0, 0.1) is 5.92 Å². The van der Waals surface area contributed by atoms with E-state index in [1.54, 1.807) is 0 Å². The highest BCUT2D eigenvalue weighted by Crippen LogP contribution is 2.36. The summed E-state index contributed by atoms with van der Waals surface area (Å²) >= 11 is 3.81. The monoisotopic (exact) mass is 356 g/mol. The van der Waals surface area contributed by atoms with E-state index in [2.05, 4.69) is 55.8 Å². The Morgan fingerprint density at radius 1 is 1.00 bits per heavy atom. The second-order valence-electron chi connectivity index (χ2n) is 5.62. The molecule has 0 aromatic heterocycles. The first-order valence-electron chi connectivity index (χ1n) is 8.15. The molecule has 0 aliphatic heterocycles. The summed E-state index contributed by atoms with van der Waals surface area (Å²) in [6.45, 7) is 10.2. The Balaban J connectivity index is 2.86. The fourth-order valence-corrected chi connectivity index (χ4v) is 2.95. The highest BCUT2D eigenvalue weighted by molar-refractivity contribution is 9.09. The van der Waals surface area contributed by atoms with E-state index in [-0.39, 0.29) is 0 Å². The van der Waals surface area contributed by atoms with Gasteiger partial charge in [-0.1, -0.05) is 56.1 Å². The van der Waals surface area contributed by atoms with Crippen molar-refractivity contribution in [3.8, 4) is 11.5 Å². The Labute approximate surface area is 138 Å². The molecule has 3 heteroatoms. The number of ether oxygens (including phenoxy) is 2. The summed E-state index contributed by atoms with van der Waals surface area (Å²) in [5.41, 5.74) is 1.27. The van der Waals surface area contributed by atoms with Gasteiger partial charge in [0.25, 0.3) is 0 Å². The lowest BCUT2D eigenvalue weighted by Gasteiger charge is -2.18. The summed E-state index contributed by atoms with van der Waals surface area (Å²) in [7, 11) is 0. The molecule has 0 spiro atoms. The molecule has 2 atom stereocenters. The average Bonchev–Trinajstić information content (AvgIpc) is 2.50. The van der Waals surface area contributed by atoms with Gasteiger partial charge in [-0.3, -0.25) is 0 Å². The van der Waals surface area contributed by atoms with Crippen molar-refractivity contribution in [2.24, 2.45) is 5.92 Å². The second kappa shape index (κ2) is 10.1. The molecule has 0 amide bonds. The minimum atomic E-state index is 0.372. The summed E-state index contributed by atoms with van der Waals surface area (Å²) in [5.74, 6) is 2.44. The van der Waals surface area contributed by atoms with Gasteiger partial charge in [-0.25, -0.2) is 0 Å². The van der Waals surface area contributed by atoms with Crippen molar-refractivity contribution in [2.75, 3.05) is 13.2 Å². The fourth-order valence-electron chi connectivity index (χ4n) is 2.03. The van der Waals surface area contributed by atoms with Crippen molar-refractivity contribution in [2.45, 2.75) is 58.2 Å². The first kappa shape index (κ1) is 18.3. The first-order valence-corrected chi connectivity index (χ1v) is 9.07. The zero-order valence-corrected chi connectivity index (χ0v) is 15.4. The molecule has 1 rings (SSSR count). The molecule has 1 aromatic rings. The quantitative estimate of drug-likeness (QED) is 0.469. The molecule has 0 heterocycles. The number of alkyl halides is 1. The highest BCUT2D eigenvalue weighted by atomic mass is 79.9. The minimum absolute atomic E-state index is 0.372. The van der Waals surface area contributed by atoms with E-state index in [0.29, 0.717) is 10.7 Å². The van der Waals surface area contributed by atoms with Gasteiger partial charge >= 0.3 is 0 Å². The predicted octanol–water partition coefficient (Wildman–Crippen LogP) is 6.14. The molecule has 120 valence electrons. The van der Waals surface area contributed by atoms with Gasteiger partial charge in [-0.15, -0.1) is 0 Å². The van der Waals surface area contributed by atoms with Crippen LogP contribution < -0.4 is 9.47 Å². The van der Waals surface area contributed by atoms with E-state index < -0.39 is 0 Å². The van der Waals surface area contributed by atoms with E-state index in [1.807, 2.05) is 6.07 Å². The number of hydrogen-bond donors (Lipinski definition) is 0. The molecule has 0 saturated carbocycles. The van der Waals surface area contributed by atoms with Gasteiger partial charge in [0.1, 0.15) is 0 Å². The van der Waals surface area contributed by atoms with Crippen LogP contribution in [0.15, 0.2) is 18.2 Å². The van der Waals surface area contributed by atoms with Crippen molar-refractivity contribution in [1.82, 2.24) is 0 Å². The van der Waals surface area contributed by atoms with Gasteiger partial charge in [0.05, 0.1) is 13.2 Å². The normalized spacial score (nSPS) is 13.8. The van der Waals surface area contributed by atoms with E-state index in [9.17, 15) is 0 Å². The lowest BCUT2D eigenvalue weighted by molar-refractivity contribution is 0.268. The van der Waals surface area contributed by atoms with E-state index in [0.717, 1.165) is 44.0 Å². The molecule has 0 radical (unpaired) electrons. The SMILES string of the molecule is CCCOc1ccc(C(Br)CC(C)CC)cc1OCCC. The molecular formula is C18H29BrO2. The molecule has 0 fully saturated rings. The highest BCUT2D eigenvalue weighted by Gasteiger charge is 2.14. The minimum Gasteiger partial charge on any atom is -0.490 e. The van der Waals surface area contributed by atoms with Crippen LogP contribution in [0.25, 0.3) is 0 Å². The zero-order chi connectivity index (χ0) is 15.7. The van der Waals surface area contributed by atoms with E-state index in [1.165, 1.54) is 12.0 Å². The van der Waals surface area contributed by atoms with Gasteiger partial charge in [-0.05, 0) is 42.9 Å². The Hall–Kier alpha value is -0.700. The summed E-state index contributed by atoms with van der Waals surface area (Å²) in [4.78, 5) is 0.372. The predicted molar refractivity (Wildman–Crippen MR) is 93.8 cm³/mol. The number of hydrogen-bond acceptors (Lipinski definition) is 2. The van der Waals surface area contributed by atoms with Crippen LogP contribution in [0.3, 0.4) is 0 Å². The average molecular weight is 357 g/mol. The topological polar surface area (TPSA) is 18.5 Å². The summed E-state index contributed by atoms with van der Waals surface area (Å²) in [6, 6.07) is 6.31. The van der Waals surface area contributed by atoms with Gasteiger partial charge in [0, 0.05) is 4.83 Å². The lowest BCUT2D eigenvalue weighted by atomic mass is 9.99. The van der Waals surface area contributed by atoms with Crippen molar-refractivity contribution in [3.05, 3.63) is 23.8 Å². The van der Waals surface area contributed by atoms with Crippen molar-refractivity contribution in [1.29, 1.82) is 0 Å². The molecule has 2 unspecified atom stereocenters. The lowest BCUT2D eigenvalue weighted by Crippen LogP contribution is -2.03. The fraction of sp³-hybridized carbons (Fsp3) is 0.667. The van der Waals surface area contributed by atoms with Crippen molar-refractivity contribution < 1.29 is 9.47 Å². The smallest absolute Gasteiger partial charge is 0.161 e. The molecule has 1 aromatic carbocycles. The summed E-state index contributed by atoms with van der Waals surface area (Å²) < 4.78 is 11.6. The van der Waals surface area contributed by atoms with Crippen molar-refractivity contribution >= 4 is 15.9 Å². The first-order chi connectivity index (χ1) is 10.1. The Bertz CT molecular complexity index is 406. The van der Waals surface area contributed by atoms with Crippen LogP contribution in [0.2, 0.25) is 0 Å². The van der Waals surface area contributed by atoms with Gasteiger partial charge in [0.15, 0.2) is 11.5 Å². The molecule has 21 heavy (non-hydrogen) atoms. The molecule has 0 aliphatic carbocycles.